The van der Waals surface area contributed by atoms with E-state index in [1.165, 1.54) is 18.3 Å². The summed E-state index contributed by atoms with van der Waals surface area (Å²) in [6.07, 6.45) is 0.904. The molecule has 34 heavy (non-hydrogen) atoms. The first kappa shape index (κ1) is 22.6. The van der Waals surface area contributed by atoms with Crippen molar-refractivity contribution in [3.8, 4) is 16.2 Å². The number of aliphatic hydroxyl groups excluding tert-OH is 2. The molecule has 2 aromatic rings. The van der Waals surface area contributed by atoms with E-state index in [2.05, 4.69) is 13.8 Å². The highest BCUT2D eigenvalue weighted by atomic mass is 32.1. The number of hydrogen-bond acceptors (Lipinski definition) is 7. The molecular weight excluding hydrogens is 452 g/mol. The van der Waals surface area contributed by atoms with E-state index in [-0.39, 0.29) is 46.5 Å². The number of phenolic OH excluding ortho intramolecular Hbond substituents is 1. The molecule has 3 N–H and O–H groups in total. The van der Waals surface area contributed by atoms with Crippen molar-refractivity contribution in [2.24, 2.45) is 17.8 Å². The summed E-state index contributed by atoms with van der Waals surface area (Å²) in [5.74, 6) is -3.95. The van der Waals surface area contributed by atoms with Crippen LogP contribution in [0.2, 0.25) is 0 Å². The van der Waals surface area contributed by atoms with Crippen molar-refractivity contribution in [2.45, 2.75) is 46.0 Å². The van der Waals surface area contributed by atoms with Gasteiger partial charge in [0.15, 0.2) is 17.3 Å². The molecule has 0 radical (unpaired) electrons. The fraction of sp³-hybridized carbons (Fsp3) is 0.370. The third-order valence-electron chi connectivity index (χ3n) is 7.44. The second-order valence-electron chi connectivity index (χ2n) is 9.79. The molecule has 0 amide bonds. The number of thiophene rings is 1. The average Bonchev–Trinajstić information content (AvgIpc) is 3.27. The molecule has 1 heterocycles. The molecule has 0 bridgehead atoms. The Morgan fingerprint density at radius 1 is 1.15 bits per heavy atom. The van der Waals surface area contributed by atoms with Crippen LogP contribution < -0.4 is 0 Å². The van der Waals surface area contributed by atoms with Crippen LogP contribution in [0.3, 0.4) is 0 Å². The predicted molar refractivity (Wildman–Crippen MR) is 129 cm³/mol. The molecule has 3 aliphatic rings. The summed E-state index contributed by atoms with van der Waals surface area (Å²) < 4.78 is 0. The minimum atomic E-state index is -1.03. The van der Waals surface area contributed by atoms with Crippen molar-refractivity contribution in [1.82, 2.24) is 0 Å². The fourth-order valence-electron chi connectivity index (χ4n) is 5.99. The van der Waals surface area contributed by atoms with Gasteiger partial charge in [-0.1, -0.05) is 19.9 Å². The number of hydrogen-bond donors (Lipinski definition) is 3. The third-order valence-corrected chi connectivity index (χ3v) is 8.34. The van der Waals surface area contributed by atoms with Crippen molar-refractivity contribution in [3.05, 3.63) is 57.2 Å². The van der Waals surface area contributed by atoms with Gasteiger partial charge in [-0.3, -0.25) is 14.4 Å². The molecule has 0 spiro atoms. The van der Waals surface area contributed by atoms with Gasteiger partial charge in [-0.25, -0.2) is 0 Å². The van der Waals surface area contributed by atoms with E-state index < -0.39 is 34.9 Å². The summed E-state index contributed by atoms with van der Waals surface area (Å²) in [5.41, 5.74) is 2.55. The molecule has 1 saturated carbocycles. The lowest BCUT2D eigenvalue weighted by atomic mass is 9.61. The lowest BCUT2D eigenvalue weighted by Crippen LogP contribution is -2.43. The van der Waals surface area contributed by atoms with Crippen molar-refractivity contribution in [2.75, 3.05) is 0 Å². The zero-order chi connectivity index (χ0) is 24.5. The molecule has 0 saturated heterocycles. The Hall–Kier alpha value is -3.19. The molecule has 7 heteroatoms. The number of aliphatic hydroxyl groups is 2. The number of rotatable bonds is 3. The van der Waals surface area contributed by atoms with Gasteiger partial charge >= 0.3 is 0 Å². The van der Waals surface area contributed by atoms with Crippen molar-refractivity contribution >= 4 is 34.4 Å². The number of Topliss-reactive ketones (excluding diaryl/α,β-unsaturated/α-hetero) is 3. The number of aromatic hydroxyl groups is 1. The first-order valence-electron chi connectivity index (χ1n) is 11.5. The monoisotopic (exact) mass is 478 g/mol. The quantitative estimate of drug-likeness (QED) is 0.519. The Morgan fingerprint density at radius 3 is 2.50 bits per heavy atom. The SMILES string of the molecule is CC(=O)C1=C(O)C2C(=O)C3=C(O)c4c(O)c(-c5cccs5)cc(C(C)C)c4CC3CC2CC1=O. The second kappa shape index (κ2) is 7.94. The first-order chi connectivity index (χ1) is 16.1. The van der Waals surface area contributed by atoms with Gasteiger partial charge in [0.05, 0.1) is 17.1 Å². The second-order valence-corrected chi connectivity index (χ2v) is 10.7. The molecule has 1 fully saturated rings. The van der Waals surface area contributed by atoms with Crippen molar-refractivity contribution < 1.29 is 29.7 Å². The number of phenols is 1. The number of carbonyl (C=O) groups is 3. The Kier molecular flexibility index (Phi) is 5.28. The highest BCUT2D eigenvalue weighted by Gasteiger charge is 2.50. The molecule has 6 nitrogen and oxygen atoms in total. The first-order valence-corrected chi connectivity index (χ1v) is 12.4. The maximum Gasteiger partial charge on any atom is 0.173 e. The lowest BCUT2D eigenvalue weighted by molar-refractivity contribution is -0.127. The van der Waals surface area contributed by atoms with Crippen LogP contribution in [0.25, 0.3) is 16.2 Å². The normalized spacial score (nSPS) is 24.3. The Morgan fingerprint density at radius 2 is 1.88 bits per heavy atom. The Balaban J connectivity index is 1.72. The largest absolute Gasteiger partial charge is 0.511 e. The summed E-state index contributed by atoms with van der Waals surface area (Å²) in [5, 5.41) is 35.3. The number of fused-ring (bicyclic) bond motifs is 3. The van der Waals surface area contributed by atoms with Gasteiger partial charge in [0.2, 0.25) is 0 Å². The molecule has 3 atom stereocenters. The van der Waals surface area contributed by atoms with E-state index in [9.17, 15) is 29.7 Å². The zero-order valence-corrected chi connectivity index (χ0v) is 20.0. The zero-order valence-electron chi connectivity index (χ0n) is 19.2. The van der Waals surface area contributed by atoms with E-state index >= 15 is 0 Å². The van der Waals surface area contributed by atoms with E-state index in [0.29, 0.717) is 18.4 Å². The van der Waals surface area contributed by atoms with Crippen LogP contribution in [0, 0.1) is 17.8 Å². The minimum Gasteiger partial charge on any atom is -0.511 e. The van der Waals surface area contributed by atoms with Gasteiger partial charge in [0.25, 0.3) is 0 Å². The van der Waals surface area contributed by atoms with E-state index in [0.717, 1.165) is 16.0 Å². The molecule has 0 aliphatic heterocycles. The molecule has 3 unspecified atom stereocenters. The summed E-state index contributed by atoms with van der Waals surface area (Å²) in [6, 6.07) is 5.75. The van der Waals surface area contributed by atoms with Crippen LogP contribution in [0.15, 0.2) is 40.5 Å². The van der Waals surface area contributed by atoms with E-state index in [1.807, 2.05) is 23.6 Å². The van der Waals surface area contributed by atoms with Crippen LogP contribution in [0.1, 0.15) is 56.2 Å². The molecule has 1 aromatic carbocycles. The minimum absolute atomic E-state index is 0.0202. The van der Waals surface area contributed by atoms with Crippen molar-refractivity contribution in [1.29, 1.82) is 0 Å². The maximum atomic E-state index is 13.6. The fourth-order valence-corrected chi connectivity index (χ4v) is 6.73. The van der Waals surface area contributed by atoms with Gasteiger partial charge in [0.1, 0.15) is 17.3 Å². The molecule has 5 rings (SSSR count). The smallest absolute Gasteiger partial charge is 0.173 e. The van der Waals surface area contributed by atoms with Gasteiger partial charge in [0, 0.05) is 22.4 Å². The van der Waals surface area contributed by atoms with Gasteiger partial charge in [-0.15, -0.1) is 11.3 Å². The van der Waals surface area contributed by atoms with Gasteiger partial charge < -0.3 is 15.3 Å². The molecule has 176 valence electrons. The van der Waals surface area contributed by atoms with E-state index in [1.54, 1.807) is 0 Å². The highest BCUT2D eigenvalue weighted by molar-refractivity contribution is 7.13. The lowest BCUT2D eigenvalue weighted by Gasteiger charge is -2.41. The number of carbonyl (C=O) groups excluding carboxylic acids is 3. The van der Waals surface area contributed by atoms with Crippen LogP contribution >= 0.6 is 11.3 Å². The standard InChI is InChI=1S/C27H26O6S/c1-11(2)15-10-17(19-5-4-6-34-19)24(30)23-16(15)8-13-7-14-9-18(29)20(12(3)28)25(31)22(14)26(32)21(13)27(23)33/h4-6,10-11,13-14,22,30-31,33H,7-9H2,1-3H3. The topological polar surface area (TPSA) is 112 Å². The third kappa shape index (κ3) is 3.17. The summed E-state index contributed by atoms with van der Waals surface area (Å²) in [7, 11) is 0. The van der Waals surface area contributed by atoms with Crippen LogP contribution in [-0.4, -0.2) is 32.7 Å². The predicted octanol–water partition coefficient (Wildman–Crippen LogP) is 5.26. The summed E-state index contributed by atoms with van der Waals surface area (Å²) in [4.78, 5) is 39.0. The van der Waals surface area contributed by atoms with Crippen LogP contribution in [0.4, 0.5) is 0 Å². The van der Waals surface area contributed by atoms with Crippen LogP contribution in [0.5, 0.6) is 5.75 Å². The number of ketones is 3. The van der Waals surface area contributed by atoms with Crippen molar-refractivity contribution in [3.63, 3.8) is 0 Å². The summed E-state index contributed by atoms with van der Waals surface area (Å²) in [6.45, 7) is 5.30. The molecule has 3 aliphatic carbocycles. The van der Waals surface area contributed by atoms with E-state index in [4.69, 9.17) is 0 Å². The van der Waals surface area contributed by atoms with Gasteiger partial charge in [-0.05, 0) is 66.2 Å². The van der Waals surface area contributed by atoms with Crippen LogP contribution in [-0.2, 0) is 20.8 Å². The molecule has 1 aromatic heterocycles. The molecular formula is C27H26O6S. The highest BCUT2D eigenvalue weighted by Crippen LogP contribution is 2.53. The maximum absolute atomic E-state index is 13.6. The number of allylic oxidation sites excluding steroid dienone is 3. The Bertz CT molecular complexity index is 1310. The summed E-state index contributed by atoms with van der Waals surface area (Å²) >= 11 is 1.48. The average molecular weight is 479 g/mol. The van der Waals surface area contributed by atoms with Gasteiger partial charge in [-0.2, -0.15) is 0 Å². The Labute approximate surface area is 201 Å². The number of benzene rings is 1.